The highest BCUT2D eigenvalue weighted by Gasteiger charge is 2.22. The molecule has 0 saturated heterocycles. The minimum Gasteiger partial charge on any atom is -0.144 e. The molecule has 11 rings (SSSR count). The van der Waals surface area contributed by atoms with Crippen LogP contribution in [0.4, 0.5) is 0 Å². The van der Waals surface area contributed by atoms with E-state index in [0.717, 1.165) is 0 Å². The van der Waals surface area contributed by atoms with Crippen LogP contribution in [0.15, 0.2) is 120 Å². The standard InChI is InChI=1S/C54H46S8/c1-3-5-7-9-11-35-13-15-41(57-35)43-17-19-45(59-43)47-21-23-49(61-47)53-37-29-33-25-27-56-52(33)32-40(37)54(38-30-34-26-28-55-51(34)31-39(38)53)50-24-22-48(62-50)46-20-18-44(60-46)42-16-14-36(58-42)12-10-8-6-4-2/h13-32H,3-12H2,1-2H3. The SMILES string of the molecule is CCCCCCc1ccc(-c2ccc(-c3ccc(-c4c5cc6ccsc6cc5c(-c5ccc(-c6ccc(-c7ccc(CCCCCC)s7)s6)s5)c5cc6ccsc6cc45)s3)s2)s1. The zero-order valence-electron chi connectivity index (χ0n) is 34.9. The van der Waals surface area contributed by atoms with Gasteiger partial charge >= 0.3 is 0 Å². The summed E-state index contributed by atoms with van der Waals surface area (Å²) in [6, 6.07) is 42.8. The number of hydrogen-bond acceptors (Lipinski definition) is 8. The molecule has 62 heavy (non-hydrogen) atoms. The lowest BCUT2D eigenvalue weighted by Gasteiger charge is -2.16. The van der Waals surface area contributed by atoms with Gasteiger partial charge in [0.1, 0.15) is 0 Å². The molecule has 0 saturated carbocycles. The molecule has 8 heteroatoms. The van der Waals surface area contributed by atoms with Crippen molar-refractivity contribution in [3.8, 4) is 59.9 Å². The molecular formula is C54H46S8. The minimum absolute atomic E-state index is 1.20. The molecule has 0 amide bonds. The second-order valence-electron chi connectivity index (χ2n) is 16.3. The van der Waals surface area contributed by atoms with Gasteiger partial charge in [0.25, 0.3) is 0 Å². The summed E-state index contributed by atoms with van der Waals surface area (Å²) in [6.07, 6.45) is 12.9. The fourth-order valence-corrected chi connectivity index (χ4v) is 17.1. The number of hydrogen-bond donors (Lipinski definition) is 0. The third kappa shape index (κ3) is 8.04. The van der Waals surface area contributed by atoms with E-state index >= 15 is 0 Å². The summed E-state index contributed by atoms with van der Waals surface area (Å²) in [5.41, 5.74) is 2.73. The second kappa shape index (κ2) is 18.1. The Kier molecular flexibility index (Phi) is 11.9. The zero-order valence-corrected chi connectivity index (χ0v) is 41.4. The summed E-state index contributed by atoms with van der Waals surface area (Å²) in [4.78, 5) is 16.6. The first kappa shape index (κ1) is 41.0. The van der Waals surface area contributed by atoms with Crippen LogP contribution in [-0.4, -0.2) is 0 Å². The average Bonchev–Trinajstić information content (AvgIpc) is 4.14. The fourth-order valence-electron chi connectivity index (χ4n) is 8.82. The molecule has 0 fully saturated rings. The third-order valence-corrected chi connectivity index (χ3v) is 21.2. The lowest BCUT2D eigenvalue weighted by molar-refractivity contribution is 0.670. The maximum Gasteiger partial charge on any atom is 0.0449 e. The molecule has 0 aliphatic carbocycles. The second-order valence-corrected chi connectivity index (χ2v) is 24.8. The van der Waals surface area contributed by atoms with Crippen LogP contribution in [0.5, 0.6) is 0 Å². The van der Waals surface area contributed by atoms with Crippen molar-refractivity contribution < 1.29 is 0 Å². The predicted molar refractivity (Wildman–Crippen MR) is 288 cm³/mol. The molecule has 11 aromatic rings. The minimum atomic E-state index is 1.20. The first-order valence-corrected chi connectivity index (χ1v) is 28.6. The molecule has 0 atom stereocenters. The van der Waals surface area contributed by atoms with Crippen molar-refractivity contribution in [2.75, 3.05) is 0 Å². The molecule has 0 unspecified atom stereocenters. The van der Waals surface area contributed by atoms with Crippen molar-refractivity contribution in [3.05, 3.63) is 130 Å². The molecule has 0 spiro atoms. The van der Waals surface area contributed by atoms with E-state index in [4.69, 9.17) is 0 Å². The van der Waals surface area contributed by atoms with Gasteiger partial charge in [-0.3, -0.25) is 0 Å². The Morgan fingerprint density at radius 1 is 0.323 bits per heavy atom. The average molecular weight is 951 g/mol. The molecule has 0 bridgehead atoms. The van der Waals surface area contributed by atoms with Crippen LogP contribution in [0.2, 0.25) is 0 Å². The number of unbranched alkanes of at least 4 members (excludes halogenated alkanes) is 6. The number of thiophene rings is 8. The van der Waals surface area contributed by atoms with E-state index in [9.17, 15) is 0 Å². The van der Waals surface area contributed by atoms with Gasteiger partial charge in [0, 0.05) is 79.1 Å². The van der Waals surface area contributed by atoms with Crippen LogP contribution in [0.1, 0.15) is 75.0 Å². The van der Waals surface area contributed by atoms with Crippen molar-refractivity contribution in [2.45, 2.75) is 78.1 Å². The number of fused-ring (bicyclic) bond motifs is 4. The van der Waals surface area contributed by atoms with E-state index in [-0.39, 0.29) is 0 Å². The molecule has 3 aromatic carbocycles. The Balaban J connectivity index is 0.977. The Labute approximate surface area is 396 Å². The maximum atomic E-state index is 2.49. The Hall–Kier alpha value is -3.70. The van der Waals surface area contributed by atoms with Crippen LogP contribution in [0, 0.1) is 0 Å². The third-order valence-electron chi connectivity index (χ3n) is 12.0. The highest BCUT2D eigenvalue weighted by Crippen LogP contribution is 2.52. The molecule has 0 nitrogen and oxygen atoms in total. The highest BCUT2D eigenvalue weighted by molar-refractivity contribution is 7.28. The molecular weight excluding hydrogens is 905 g/mol. The molecule has 0 aliphatic rings. The van der Waals surface area contributed by atoms with E-state index in [2.05, 4.69) is 134 Å². The molecule has 8 heterocycles. The number of benzene rings is 3. The molecule has 310 valence electrons. The largest absolute Gasteiger partial charge is 0.144 e. The van der Waals surface area contributed by atoms with Crippen LogP contribution < -0.4 is 0 Å². The zero-order chi connectivity index (χ0) is 41.6. The smallest absolute Gasteiger partial charge is 0.0449 e. The van der Waals surface area contributed by atoms with Gasteiger partial charge in [0.05, 0.1) is 0 Å². The highest BCUT2D eigenvalue weighted by atomic mass is 32.1. The quantitative estimate of drug-likeness (QED) is 0.0669. The van der Waals surface area contributed by atoms with Crippen molar-refractivity contribution in [1.29, 1.82) is 0 Å². The van der Waals surface area contributed by atoms with Gasteiger partial charge in [-0.25, -0.2) is 0 Å². The fraction of sp³-hybridized carbons (Fsp3) is 0.222. The lowest BCUT2D eigenvalue weighted by atomic mass is 9.89. The molecule has 0 radical (unpaired) electrons. The van der Waals surface area contributed by atoms with Gasteiger partial charge in [-0.2, -0.15) is 0 Å². The number of aryl methyl sites for hydroxylation is 2. The van der Waals surface area contributed by atoms with Gasteiger partial charge in [-0.15, -0.1) is 90.7 Å². The van der Waals surface area contributed by atoms with Gasteiger partial charge in [0.15, 0.2) is 0 Å². The number of rotatable bonds is 16. The van der Waals surface area contributed by atoms with Crippen LogP contribution in [0.3, 0.4) is 0 Å². The van der Waals surface area contributed by atoms with Gasteiger partial charge in [-0.05, 0) is 178 Å². The van der Waals surface area contributed by atoms with Crippen LogP contribution in [-0.2, 0) is 12.8 Å². The molecule has 0 aliphatic heterocycles. The normalized spacial score (nSPS) is 12.0. The monoisotopic (exact) mass is 950 g/mol. The van der Waals surface area contributed by atoms with Crippen molar-refractivity contribution >= 4 is 132 Å². The first-order valence-electron chi connectivity index (χ1n) is 22.0. The van der Waals surface area contributed by atoms with E-state index in [1.807, 2.05) is 90.7 Å². The summed E-state index contributed by atoms with van der Waals surface area (Å²) in [6.45, 7) is 4.58. The predicted octanol–water partition coefficient (Wildman–Crippen LogP) is 21.0. The van der Waals surface area contributed by atoms with E-state index < -0.39 is 0 Å². The lowest BCUT2D eigenvalue weighted by Crippen LogP contribution is -1.89. The molecule has 0 N–H and O–H groups in total. The summed E-state index contributed by atoms with van der Waals surface area (Å²) in [5.74, 6) is 0. The Bertz CT molecular complexity index is 3000. The van der Waals surface area contributed by atoms with Crippen LogP contribution >= 0.6 is 90.7 Å². The summed E-state index contributed by atoms with van der Waals surface area (Å²) in [5, 5.41) is 12.5. The van der Waals surface area contributed by atoms with E-state index in [1.54, 1.807) is 0 Å². The summed E-state index contributed by atoms with van der Waals surface area (Å²) in [7, 11) is 0. The Morgan fingerprint density at radius 2 is 0.661 bits per heavy atom. The summed E-state index contributed by atoms with van der Waals surface area (Å²) < 4.78 is 2.69. The van der Waals surface area contributed by atoms with Gasteiger partial charge in [0.2, 0.25) is 0 Å². The van der Waals surface area contributed by atoms with Gasteiger partial charge < -0.3 is 0 Å². The van der Waals surface area contributed by atoms with E-state index in [1.165, 1.54) is 176 Å². The first-order chi connectivity index (χ1) is 30.6. The van der Waals surface area contributed by atoms with Crippen LogP contribution in [0.25, 0.3) is 102 Å². The van der Waals surface area contributed by atoms with Crippen molar-refractivity contribution in [2.24, 2.45) is 0 Å². The maximum absolute atomic E-state index is 2.49. The summed E-state index contributed by atoms with van der Waals surface area (Å²) >= 11 is 15.4. The van der Waals surface area contributed by atoms with Crippen molar-refractivity contribution in [1.82, 2.24) is 0 Å². The topological polar surface area (TPSA) is 0 Å². The van der Waals surface area contributed by atoms with Gasteiger partial charge in [-0.1, -0.05) is 52.4 Å². The Morgan fingerprint density at radius 3 is 1.06 bits per heavy atom. The van der Waals surface area contributed by atoms with Crippen molar-refractivity contribution in [3.63, 3.8) is 0 Å². The van der Waals surface area contributed by atoms with E-state index in [0.29, 0.717) is 0 Å². The molecule has 8 aromatic heterocycles.